The zero-order valence-electron chi connectivity index (χ0n) is 35.1. The van der Waals surface area contributed by atoms with Crippen molar-refractivity contribution in [1.29, 1.82) is 0 Å². The molecule has 11 aromatic rings. The van der Waals surface area contributed by atoms with Crippen molar-refractivity contribution in [2.45, 2.75) is 0 Å². The van der Waals surface area contributed by atoms with Crippen LogP contribution >= 0.6 is 0 Å². The molecule has 0 aliphatic rings. The molecule has 65 heavy (non-hydrogen) atoms. The summed E-state index contributed by atoms with van der Waals surface area (Å²) in [6.07, 6.45) is 1.92. The molecule has 0 amide bonds. The van der Waals surface area contributed by atoms with Gasteiger partial charge in [0, 0.05) is 37.4 Å². The zero-order chi connectivity index (χ0) is 42.7. The van der Waals surface area contributed by atoms with Crippen molar-refractivity contribution in [2.24, 2.45) is 0 Å². The second-order valence-corrected chi connectivity index (χ2v) is 15.9. The third-order valence-electron chi connectivity index (χ3n) is 11.6. The molecule has 2 heterocycles. The summed E-state index contributed by atoms with van der Waals surface area (Å²) >= 11 is 0. The number of nitrogens with zero attached hydrogens (tertiary/aromatic N) is 4. The van der Waals surface area contributed by atoms with E-state index in [4.69, 9.17) is 19.9 Å². The number of benzene rings is 9. The van der Waals surface area contributed by atoms with Crippen molar-refractivity contribution in [3.63, 3.8) is 0 Å². The van der Waals surface area contributed by atoms with Gasteiger partial charge in [-0.05, 0) is 115 Å². The fourth-order valence-corrected chi connectivity index (χ4v) is 8.33. The molecule has 0 saturated heterocycles. The van der Waals surface area contributed by atoms with E-state index in [1.54, 1.807) is 0 Å². The first-order valence-corrected chi connectivity index (χ1v) is 21.4. The molecule has 0 fully saturated rings. The van der Waals surface area contributed by atoms with E-state index >= 15 is 0 Å². The normalized spacial score (nSPS) is 11.0. The molecule has 0 unspecified atom stereocenters. The first kappa shape index (κ1) is 41.1. The molecule has 0 bridgehead atoms. The van der Waals surface area contributed by atoms with Crippen LogP contribution in [0.1, 0.15) is 0 Å². The van der Waals surface area contributed by atoms with Crippen molar-refractivity contribution in [3.8, 4) is 101 Å². The van der Waals surface area contributed by atoms with Crippen LogP contribution in [0.3, 0.4) is 0 Å². The Bertz CT molecular complexity index is 3310. The molecule has 0 spiro atoms. The van der Waals surface area contributed by atoms with E-state index in [1.807, 2.05) is 42.6 Å². The van der Waals surface area contributed by atoms with Gasteiger partial charge < -0.3 is 4.98 Å². The van der Waals surface area contributed by atoms with Gasteiger partial charge in [-0.15, -0.1) is 29.8 Å². The molecule has 5 heteroatoms. The van der Waals surface area contributed by atoms with E-state index in [0.717, 1.165) is 94.4 Å². The van der Waals surface area contributed by atoms with Crippen LogP contribution in [0.15, 0.2) is 237 Å². The van der Waals surface area contributed by atoms with Crippen molar-refractivity contribution in [3.05, 3.63) is 243 Å². The number of rotatable bonds is 9. The topological polar surface area (TPSA) is 51.6 Å². The molecule has 0 saturated carbocycles. The number of aromatic nitrogens is 4. The van der Waals surface area contributed by atoms with Crippen LogP contribution in [0.4, 0.5) is 0 Å². The molecule has 0 aliphatic heterocycles. The maximum atomic E-state index is 5.31. The molecule has 0 aliphatic carbocycles. The Morgan fingerprint density at radius 3 is 1.15 bits per heavy atom. The van der Waals surface area contributed by atoms with Crippen LogP contribution in [-0.4, -0.2) is 19.9 Å². The summed E-state index contributed by atoms with van der Waals surface area (Å²) in [4.78, 5) is 20.7. The van der Waals surface area contributed by atoms with Crippen LogP contribution in [-0.2, 0) is 20.1 Å². The SMILES string of the molecule is [Ir].[c-]1ccc(-c2nc(-c3cccc(-c4cc(-c5ccccc5)cc(-c5ccccc5)c4)c3)nc(-c3cc(-c4ccccc4)cc(-c4ccccc4)c3)n2)cc1-c1cc2ccccc2cn1. The average molecular weight is 1010 g/mol. The third kappa shape index (κ3) is 8.85. The molecule has 2 aromatic heterocycles. The van der Waals surface area contributed by atoms with E-state index in [1.165, 1.54) is 0 Å². The molecule has 9 aromatic carbocycles. The Balaban J connectivity index is 0.00000498. The molecule has 4 nitrogen and oxygen atoms in total. The predicted octanol–water partition coefficient (Wildman–Crippen LogP) is 15.2. The summed E-state index contributed by atoms with van der Waals surface area (Å²) in [5, 5.41) is 2.21. The molecular weight excluding hydrogens is 969 g/mol. The molecule has 309 valence electrons. The first-order chi connectivity index (χ1) is 31.7. The van der Waals surface area contributed by atoms with Gasteiger partial charge in [0.25, 0.3) is 0 Å². The predicted molar refractivity (Wildman–Crippen MR) is 263 cm³/mol. The fourth-order valence-electron chi connectivity index (χ4n) is 8.33. The van der Waals surface area contributed by atoms with E-state index in [9.17, 15) is 0 Å². The van der Waals surface area contributed by atoms with Gasteiger partial charge in [0.1, 0.15) is 5.82 Å². The van der Waals surface area contributed by atoms with E-state index in [2.05, 4.69) is 200 Å². The zero-order valence-corrected chi connectivity index (χ0v) is 37.5. The molecule has 0 atom stereocenters. The largest absolute Gasteiger partial charge is 0.304 e. The number of hydrogen-bond donors (Lipinski definition) is 0. The Kier molecular flexibility index (Phi) is 11.6. The van der Waals surface area contributed by atoms with Gasteiger partial charge in [0.05, 0.1) is 0 Å². The number of fused-ring (bicyclic) bond motifs is 1. The minimum atomic E-state index is 0. The van der Waals surface area contributed by atoms with Gasteiger partial charge in [0.2, 0.25) is 0 Å². The second-order valence-electron chi connectivity index (χ2n) is 15.9. The average Bonchev–Trinajstić information content (AvgIpc) is 3.39. The van der Waals surface area contributed by atoms with Crippen molar-refractivity contribution < 1.29 is 20.1 Å². The molecular formula is C60H39IrN4-. The second kappa shape index (κ2) is 18.4. The third-order valence-corrected chi connectivity index (χ3v) is 11.6. The summed E-state index contributed by atoms with van der Waals surface area (Å²) in [6, 6.07) is 83.9. The van der Waals surface area contributed by atoms with Gasteiger partial charge in [-0.1, -0.05) is 175 Å². The van der Waals surface area contributed by atoms with E-state index in [-0.39, 0.29) is 20.1 Å². The van der Waals surface area contributed by atoms with Crippen LogP contribution < -0.4 is 0 Å². The molecule has 11 rings (SSSR count). The van der Waals surface area contributed by atoms with Crippen molar-refractivity contribution in [2.75, 3.05) is 0 Å². The van der Waals surface area contributed by atoms with Crippen LogP contribution in [0.5, 0.6) is 0 Å². The Morgan fingerprint density at radius 1 is 0.277 bits per heavy atom. The van der Waals surface area contributed by atoms with Crippen molar-refractivity contribution in [1.82, 2.24) is 19.9 Å². The molecule has 0 N–H and O–H groups in total. The minimum Gasteiger partial charge on any atom is -0.304 e. The summed E-state index contributed by atoms with van der Waals surface area (Å²) in [7, 11) is 0. The Hall–Kier alpha value is -7.95. The summed E-state index contributed by atoms with van der Waals surface area (Å²) in [6.45, 7) is 0. The van der Waals surface area contributed by atoms with E-state index < -0.39 is 0 Å². The summed E-state index contributed by atoms with van der Waals surface area (Å²) in [5.41, 5.74) is 15.5. The van der Waals surface area contributed by atoms with E-state index in [0.29, 0.717) is 17.5 Å². The maximum Gasteiger partial charge on any atom is 0.164 e. The number of hydrogen-bond acceptors (Lipinski definition) is 4. The van der Waals surface area contributed by atoms with Crippen LogP contribution in [0.2, 0.25) is 0 Å². The summed E-state index contributed by atoms with van der Waals surface area (Å²) < 4.78 is 0. The van der Waals surface area contributed by atoms with Gasteiger partial charge in [0.15, 0.2) is 11.6 Å². The first-order valence-electron chi connectivity index (χ1n) is 21.4. The standard InChI is InChI=1S/C60H39N4.Ir/c1-5-17-41(18-6-1)51-33-52(42-19-7-2-8-20-42)36-55(35-51)45-27-15-29-48(31-45)58-62-59(49-30-16-28-47(32-49)57-39-46-25-13-14-26-50(46)40-61-57)64-60(63-58)56-37-53(43-21-9-3-10-22-43)34-54(38-56)44-23-11-4-12-24-44;/h1-27,29-40H;/q-1;. The fraction of sp³-hybridized carbons (Fsp3) is 0. The van der Waals surface area contributed by atoms with Crippen LogP contribution in [0.25, 0.3) is 112 Å². The van der Waals surface area contributed by atoms with Crippen LogP contribution in [0, 0.1) is 6.07 Å². The smallest absolute Gasteiger partial charge is 0.164 e. The maximum absolute atomic E-state index is 5.31. The quantitative estimate of drug-likeness (QED) is 0.135. The summed E-state index contributed by atoms with van der Waals surface area (Å²) in [5.74, 6) is 1.72. The van der Waals surface area contributed by atoms with Gasteiger partial charge >= 0.3 is 0 Å². The molecule has 1 radical (unpaired) electrons. The van der Waals surface area contributed by atoms with Crippen molar-refractivity contribution >= 4 is 10.8 Å². The minimum absolute atomic E-state index is 0. The van der Waals surface area contributed by atoms with Gasteiger partial charge in [-0.25, -0.2) is 15.0 Å². The van der Waals surface area contributed by atoms with Gasteiger partial charge in [-0.3, -0.25) is 0 Å². The monoisotopic (exact) mass is 1010 g/mol. The Labute approximate surface area is 392 Å². The number of pyridine rings is 1. The Morgan fingerprint density at radius 2 is 0.646 bits per heavy atom. The van der Waals surface area contributed by atoms with Gasteiger partial charge in [-0.2, -0.15) is 0 Å².